The fourth-order valence-corrected chi connectivity index (χ4v) is 1.87. The SMILES string of the molecule is NC(=O)NN=Cc1cccc(OCc2cccc(Cl)c2F)c1. The monoisotopic (exact) mass is 321 g/mol. The smallest absolute Gasteiger partial charge is 0.332 e. The number of amides is 2. The number of hydrazone groups is 1. The molecule has 2 rings (SSSR count). The maximum atomic E-state index is 13.7. The van der Waals surface area contributed by atoms with Crippen LogP contribution in [0.15, 0.2) is 47.6 Å². The summed E-state index contributed by atoms with van der Waals surface area (Å²) < 4.78 is 19.3. The van der Waals surface area contributed by atoms with E-state index in [1.54, 1.807) is 36.4 Å². The zero-order valence-electron chi connectivity index (χ0n) is 11.4. The van der Waals surface area contributed by atoms with E-state index < -0.39 is 11.8 Å². The van der Waals surface area contributed by atoms with Crippen LogP contribution >= 0.6 is 11.6 Å². The van der Waals surface area contributed by atoms with Crippen molar-refractivity contribution in [2.75, 3.05) is 0 Å². The van der Waals surface area contributed by atoms with Gasteiger partial charge in [-0.05, 0) is 23.8 Å². The summed E-state index contributed by atoms with van der Waals surface area (Å²) in [4.78, 5) is 10.5. The molecule has 114 valence electrons. The van der Waals surface area contributed by atoms with Crippen LogP contribution < -0.4 is 15.9 Å². The molecular weight excluding hydrogens is 309 g/mol. The number of halogens is 2. The summed E-state index contributed by atoms with van der Waals surface area (Å²) in [5, 5.41) is 3.70. The van der Waals surface area contributed by atoms with E-state index in [2.05, 4.69) is 10.5 Å². The average Bonchev–Trinajstić information content (AvgIpc) is 2.49. The van der Waals surface area contributed by atoms with Crippen LogP contribution in [0.1, 0.15) is 11.1 Å². The predicted molar refractivity (Wildman–Crippen MR) is 82.5 cm³/mol. The lowest BCUT2D eigenvalue weighted by Crippen LogP contribution is -2.24. The minimum atomic E-state index is -0.750. The normalized spacial score (nSPS) is 10.6. The first-order valence-electron chi connectivity index (χ1n) is 6.30. The van der Waals surface area contributed by atoms with Crippen molar-refractivity contribution in [3.63, 3.8) is 0 Å². The van der Waals surface area contributed by atoms with E-state index in [0.717, 1.165) is 0 Å². The van der Waals surface area contributed by atoms with Crippen LogP contribution in [0.2, 0.25) is 5.02 Å². The quantitative estimate of drug-likeness (QED) is 0.656. The molecule has 22 heavy (non-hydrogen) atoms. The van der Waals surface area contributed by atoms with Crippen LogP contribution in [0.4, 0.5) is 9.18 Å². The molecule has 0 heterocycles. The van der Waals surface area contributed by atoms with Crippen molar-refractivity contribution in [3.8, 4) is 5.75 Å². The van der Waals surface area contributed by atoms with Gasteiger partial charge in [0.2, 0.25) is 0 Å². The number of ether oxygens (including phenoxy) is 1. The van der Waals surface area contributed by atoms with Crippen molar-refractivity contribution < 1.29 is 13.9 Å². The summed E-state index contributed by atoms with van der Waals surface area (Å²) in [6.07, 6.45) is 1.41. The Morgan fingerprint density at radius 3 is 2.91 bits per heavy atom. The van der Waals surface area contributed by atoms with Crippen LogP contribution in [-0.4, -0.2) is 12.2 Å². The number of nitrogens with one attached hydrogen (secondary N) is 1. The standard InChI is InChI=1S/C15H13ClFN3O2/c16-13-6-2-4-11(14(13)17)9-22-12-5-1-3-10(7-12)8-19-20-15(18)21/h1-8H,9H2,(H3,18,20,21). The fraction of sp³-hybridized carbons (Fsp3) is 0.0667. The summed E-state index contributed by atoms with van der Waals surface area (Å²) in [6.45, 7) is 0.0481. The molecule has 0 aliphatic rings. The molecule has 0 aliphatic heterocycles. The Bertz CT molecular complexity index is 707. The van der Waals surface area contributed by atoms with Gasteiger partial charge in [-0.25, -0.2) is 14.6 Å². The van der Waals surface area contributed by atoms with Crippen molar-refractivity contribution >= 4 is 23.8 Å². The lowest BCUT2D eigenvalue weighted by molar-refractivity contribution is 0.249. The Balaban J connectivity index is 2.03. The summed E-state index contributed by atoms with van der Waals surface area (Å²) in [5.74, 6) is 0.0370. The van der Waals surface area contributed by atoms with Crippen molar-refractivity contribution in [3.05, 3.63) is 64.4 Å². The number of nitrogens with zero attached hydrogens (tertiary/aromatic N) is 1. The Morgan fingerprint density at radius 1 is 1.36 bits per heavy atom. The van der Waals surface area contributed by atoms with E-state index in [0.29, 0.717) is 16.9 Å². The summed E-state index contributed by atoms with van der Waals surface area (Å²) in [5.41, 5.74) is 8.03. The Kier molecular flexibility index (Phi) is 5.32. The average molecular weight is 322 g/mol. The molecule has 0 saturated carbocycles. The third kappa shape index (κ3) is 4.46. The molecule has 3 N–H and O–H groups in total. The largest absolute Gasteiger partial charge is 0.489 e. The third-order valence-corrected chi connectivity index (χ3v) is 2.96. The minimum absolute atomic E-state index is 0.0481. The highest BCUT2D eigenvalue weighted by Gasteiger charge is 2.06. The zero-order valence-corrected chi connectivity index (χ0v) is 12.2. The van der Waals surface area contributed by atoms with Crippen molar-refractivity contribution in [1.29, 1.82) is 0 Å². The molecule has 0 aliphatic carbocycles. The molecule has 0 unspecified atom stereocenters. The van der Waals surface area contributed by atoms with E-state index in [1.807, 2.05) is 0 Å². The van der Waals surface area contributed by atoms with E-state index >= 15 is 0 Å². The molecule has 2 aromatic carbocycles. The number of hydrogen-bond acceptors (Lipinski definition) is 3. The van der Waals surface area contributed by atoms with Crippen LogP contribution in [0, 0.1) is 5.82 Å². The van der Waals surface area contributed by atoms with Crippen LogP contribution in [-0.2, 0) is 6.61 Å². The van der Waals surface area contributed by atoms with Crippen molar-refractivity contribution in [2.45, 2.75) is 6.61 Å². The van der Waals surface area contributed by atoms with Crippen LogP contribution in [0.25, 0.3) is 0 Å². The zero-order chi connectivity index (χ0) is 15.9. The van der Waals surface area contributed by atoms with Gasteiger partial charge < -0.3 is 10.5 Å². The van der Waals surface area contributed by atoms with E-state index in [9.17, 15) is 9.18 Å². The second-order valence-corrected chi connectivity index (χ2v) is 4.72. The van der Waals surface area contributed by atoms with Crippen LogP contribution in [0.5, 0.6) is 5.75 Å². The molecule has 2 aromatic rings. The molecule has 5 nitrogen and oxygen atoms in total. The lowest BCUT2D eigenvalue weighted by Gasteiger charge is -2.08. The van der Waals surface area contributed by atoms with Crippen molar-refractivity contribution in [1.82, 2.24) is 5.43 Å². The third-order valence-electron chi connectivity index (χ3n) is 2.67. The van der Waals surface area contributed by atoms with Gasteiger partial charge in [0.05, 0.1) is 11.2 Å². The van der Waals surface area contributed by atoms with Gasteiger partial charge in [-0.1, -0.05) is 35.9 Å². The molecule has 0 radical (unpaired) electrons. The number of nitrogens with two attached hydrogens (primary N) is 1. The van der Waals surface area contributed by atoms with Gasteiger partial charge in [-0.2, -0.15) is 5.10 Å². The van der Waals surface area contributed by atoms with E-state index in [-0.39, 0.29) is 11.6 Å². The van der Waals surface area contributed by atoms with Gasteiger partial charge in [-0.15, -0.1) is 0 Å². The summed E-state index contributed by atoms with van der Waals surface area (Å²) in [7, 11) is 0. The number of urea groups is 1. The predicted octanol–water partition coefficient (Wildman–Crippen LogP) is 3.06. The molecule has 0 atom stereocenters. The molecule has 0 bridgehead atoms. The first-order valence-corrected chi connectivity index (χ1v) is 6.68. The van der Waals surface area contributed by atoms with Gasteiger partial charge in [-0.3, -0.25) is 0 Å². The van der Waals surface area contributed by atoms with Gasteiger partial charge in [0, 0.05) is 5.56 Å². The van der Waals surface area contributed by atoms with Crippen molar-refractivity contribution in [2.24, 2.45) is 10.8 Å². The van der Waals surface area contributed by atoms with Crippen LogP contribution in [0.3, 0.4) is 0 Å². The molecule has 7 heteroatoms. The number of rotatable bonds is 5. The number of carbonyl (C=O) groups is 1. The molecule has 0 aromatic heterocycles. The maximum Gasteiger partial charge on any atom is 0.332 e. The Morgan fingerprint density at radius 2 is 2.14 bits per heavy atom. The molecule has 2 amide bonds. The van der Waals surface area contributed by atoms with E-state index in [1.165, 1.54) is 12.3 Å². The lowest BCUT2D eigenvalue weighted by atomic mass is 10.2. The number of primary amides is 1. The molecule has 0 saturated heterocycles. The number of carbonyl (C=O) groups excluding carboxylic acids is 1. The van der Waals surface area contributed by atoms with Gasteiger partial charge in [0.25, 0.3) is 0 Å². The van der Waals surface area contributed by atoms with Gasteiger partial charge in [0.1, 0.15) is 18.2 Å². The van der Waals surface area contributed by atoms with Gasteiger partial charge in [0.15, 0.2) is 0 Å². The molecular formula is C15H13ClFN3O2. The van der Waals surface area contributed by atoms with E-state index in [4.69, 9.17) is 22.1 Å². The summed E-state index contributed by atoms with van der Waals surface area (Å²) >= 11 is 5.71. The second-order valence-electron chi connectivity index (χ2n) is 4.31. The summed E-state index contributed by atoms with van der Waals surface area (Å²) in [6, 6.07) is 10.9. The first-order chi connectivity index (χ1) is 10.6. The number of hydrogen-bond donors (Lipinski definition) is 2. The topological polar surface area (TPSA) is 76.7 Å². The molecule has 0 spiro atoms. The Labute approximate surface area is 131 Å². The highest BCUT2D eigenvalue weighted by Crippen LogP contribution is 2.20. The highest BCUT2D eigenvalue weighted by atomic mass is 35.5. The Hall–Kier alpha value is -2.60. The first kappa shape index (κ1) is 15.8. The van der Waals surface area contributed by atoms with Gasteiger partial charge >= 0.3 is 6.03 Å². The highest BCUT2D eigenvalue weighted by molar-refractivity contribution is 6.30. The molecule has 0 fully saturated rings. The maximum absolute atomic E-state index is 13.7. The number of benzene rings is 2. The fourth-order valence-electron chi connectivity index (χ4n) is 1.68. The minimum Gasteiger partial charge on any atom is -0.489 e. The second kappa shape index (κ2) is 7.42.